The van der Waals surface area contributed by atoms with Crippen molar-refractivity contribution < 1.29 is 14.3 Å². The molecule has 7 N–H and O–H groups in total. The molecule has 144 valence electrons. The minimum Gasteiger partial charge on any atom is -0.399 e. The lowest BCUT2D eigenvalue weighted by Crippen LogP contribution is -2.21. The van der Waals surface area contributed by atoms with Crippen LogP contribution in [-0.2, 0) is 0 Å². The molecule has 0 saturated heterocycles. The maximum absolute atomic E-state index is 14.9. The van der Waals surface area contributed by atoms with Gasteiger partial charge in [-0.15, -0.1) is 0 Å². The van der Waals surface area contributed by atoms with Crippen LogP contribution in [0, 0.1) is 5.82 Å². The maximum Gasteiger partial charge on any atom is 0.230 e. The molecule has 0 aliphatic rings. The fraction of sp³-hybridized carbons (Fsp3) is 0.105. The largest absolute Gasteiger partial charge is 0.399 e. The van der Waals surface area contributed by atoms with Gasteiger partial charge in [-0.2, -0.15) is 4.98 Å². The van der Waals surface area contributed by atoms with E-state index in [4.69, 9.17) is 11.5 Å². The van der Waals surface area contributed by atoms with Crippen LogP contribution in [0.2, 0.25) is 0 Å². The standard InChI is InChI=1S/C19H19FN6O2/c1-10(27)17(28)16-15(20)18(23-13-6-2-4-11(21)8-13)26-19(25-16)24-14-7-3-5-12(22)9-14/h2-10,27H,21-22H2,1H3,(H2,23,24,25,26). The molecule has 0 saturated carbocycles. The number of aromatic nitrogens is 2. The van der Waals surface area contributed by atoms with Crippen LogP contribution in [0.5, 0.6) is 0 Å². The zero-order valence-corrected chi connectivity index (χ0v) is 15.0. The topological polar surface area (TPSA) is 139 Å². The maximum atomic E-state index is 14.9. The molecule has 1 unspecified atom stereocenters. The van der Waals surface area contributed by atoms with Crippen LogP contribution in [-0.4, -0.2) is 27.0 Å². The highest BCUT2D eigenvalue weighted by molar-refractivity contribution is 5.98. The predicted octanol–water partition coefficient (Wildman–Crippen LogP) is 2.83. The number of hydrogen-bond donors (Lipinski definition) is 5. The van der Waals surface area contributed by atoms with Gasteiger partial charge in [0, 0.05) is 22.7 Å². The molecule has 8 nitrogen and oxygen atoms in total. The summed E-state index contributed by atoms with van der Waals surface area (Å²) in [5.74, 6) is -2.13. The number of nitrogens with zero attached hydrogens (tertiary/aromatic N) is 2. The highest BCUT2D eigenvalue weighted by Gasteiger charge is 2.24. The molecule has 0 radical (unpaired) electrons. The zero-order valence-electron chi connectivity index (χ0n) is 15.0. The number of carbonyl (C=O) groups excluding carboxylic acids is 1. The van der Waals surface area contributed by atoms with Crippen LogP contribution < -0.4 is 22.1 Å². The van der Waals surface area contributed by atoms with Crippen LogP contribution in [0.3, 0.4) is 0 Å². The van der Waals surface area contributed by atoms with E-state index in [1.807, 2.05) is 0 Å². The molecule has 1 heterocycles. The normalized spacial score (nSPS) is 11.7. The molecule has 0 aliphatic carbocycles. The Bertz CT molecular complexity index is 1030. The number of ketones is 1. The van der Waals surface area contributed by atoms with Crippen molar-refractivity contribution >= 4 is 40.3 Å². The summed E-state index contributed by atoms with van der Waals surface area (Å²) < 4.78 is 14.9. The highest BCUT2D eigenvalue weighted by Crippen LogP contribution is 2.25. The van der Waals surface area contributed by atoms with E-state index in [1.165, 1.54) is 6.92 Å². The van der Waals surface area contributed by atoms with Gasteiger partial charge in [0.05, 0.1) is 0 Å². The van der Waals surface area contributed by atoms with Gasteiger partial charge in [0.2, 0.25) is 11.7 Å². The molecule has 1 atom stereocenters. The fourth-order valence-electron chi connectivity index (χ4n) is 2.45. The summed E-state index contributed by atoms with van der Waals surface area (Å²) in [4.78, 5) is 20.2. The number of aliphatic hydroxyl groups excluding tert-OH is 1. The van der Waals surface area contributed by atoms with Crippen molar-refractivity contribution in [2.75, 3.05) is 22.1 Å². The van der Waals surface area contributed by atoms with Crippen molar-refractivity contribution in [2.45, 2.75) is 13.0 Å². The smallest absolute Gasteiger partial charge is 0.230 e. The summed E-state index contributed by atoms with van der Waals surface area (Å²) in [5, 5.41) is 15.2. The molecule has 28 heavy (non-hydrogen) atoms. The number of aliphatic hydroxyl groups is 1. The summed E-state index contributed by atoms with van der Waals surface area (Å²) in [6.45, 7) is 1.24. The van der Waals surface area contributed by atoms with Crippen LogP contribution in [0.1, 0.15) is 17.4 Å². The molecule has 0 aliphatic heterocycles. The number of nitrogen functional groups attached to an aromatic ring is 2. The van der Waals surface area contributed by atoms with Gasteiger partial charge >= 0.3 is 0 Å². The first-order chi connectivity index (χ1) is 13.3. The third-order valence-electron chi connectivity index (χ3n) is 3.76. The number of nitrogens with two attached hydrogens (primary N) is 2. The number of halogens is 1. The van der Waals surface area contributed by atoms with Gasteiger partial charge in [-0.05, 0) is 43.3 Å². The van der Waals surface area contributed by atoms with E-state index in [-0.39, 0.29) is 11.8 Å². The van der Waals surface area contributed by atoms with Crippen molar-refractivity contribution in [3.63, 3.8) is 0 Å². The van der Waals surface area contributed by atoms with E-state index in [2.05, 4.69) is 20.6 Å². The Labute approximate surface area is 160 Å². The number of benzene rings is 2. The molecule has 1 aromatic heterocycles. The number of Topliss-reactive ketones (excluding diaryl/α,β-unsaturated/α-hetero) is 1. The number of hydrogen-bond acceptors (Lipinski definition) is 8. The molecule has 3 aromatic rings. The molecule has 0 fully saturated rings. The summed E-state index contributed by atoms with van der Waals surface area (Å²) in [6.07, 6.45) is -1.43. The molecule has 0 bridgehead atoms. The van der Waals surface area contributed by atoms with Crippen molar-refractivity contribution in [3.8, 4) is 0 Å². The molecule has 0 amide bonds. The molecular weight excluding hydrogens is 363 g/mol. The van der Waals surface area contributed by atoms with Crippen LogP contribution >= 0.6 is 0 Å². The van der Waals surface area contributed by atoms with Gasteiger partial charge in [-0.25, -0.2) is 9.37 Å². The first kappa shape index (κ1) is 19.1. The lowest BCUT2D eigenvalue weighted by molar-refractivity contribution is 0.0769. The third-order valence-corrected chi connectivity index (χ3v) is 3.76. The van der Waals surface area contributed by atoms with E-state index >= 15 is 0 Å². The second-order valence-corrected chi connectivity index (χ2v) is 6.10. The van der Waals surface area contributed by atoms with E-state index in [9.17, 15) is 14.3 Å². The first-order valence-electron chi connectivity index (χ1n) is 8.38. The van der Waals surface area contributed by atoms with Crippen molar-refractivity contribution in [2.24, 2.45) is 0 Å². The van der Waals surface area contributed by atoms with Gasteiger partial charge in [0.1, 0.15) is 6.10 Å². The minimum absolute atomic E-state index is 0.0394. The molecule has 0 spiro atoms. The highest BCUT2D eigenvalue weighted by atomic mass is 19.1. The lowest BCUT2D eigenvalue weighted by atomic mass is 10.1. The van der Waals surface area contributed by atoms with Gasteiger partial charge in [-0.3, -0.25) is 4.79 Å². The summed E-state index contributed by atoms with van der Waals surface area (Å²) in [7, 11) is 0. The molecular formula is C19H19FN6O2. The average Bonchev–Trinajstić information content (AvgIpc) is 2.63. The van der Waals surface area contributed by atoms with Crippen LogP contribution in [0.25, 0.3) is 0 Å². The minimum atomic E-state index is -1.43. The Balaban J connectivity index is 2.04. The van der Waals surface area contributed by atoms with E-state index in [0.717, 1.165) is 0 Å². The second-order valence-electron chi connectivity index (χ2n) is 6.10. The monoisotopic (exact) mass is 382 g/mol. The Hall–Kier alpha value is -3.72. The number of anilines is 6. The van der Waals surface area contributed by atoms with Gasteiger partial charge in [-0.1, -0.05) is 12.1 Å². The number of rotatable bonds is 6. The summed E-state index contributed by atoms with van der Waals surface area (Å²) >= 11 is 0. The SMILES string of the molecule is CC(O)C(=O)c1nc(Nc2cccc(N)c2)nc(Nc2cccc(N)c2)c1F. The zero-order chi connectivity index (χ0) is 20.3. The van der Waals surface area contributed by atoms with Crippen molar-refractivity contribution in [3.05, 3.63) is 60.0 Å². The van der Waals surface area contributed by atoms with Crippen LogP contribution in [0.4, 0.5) is 38.9 Å². The van der Waals surface area contributed by atoms with E-state index < -0.39 is 23.4 Å². The van der Waals surface area contributed by atoms with Gasteiger partial charge in [0.25, 0.3) is 0 Å². The van der Waals surface area contributed by atoms with Crippen LogP contribution in [0.15, 0.2) is 48.5 Å². The third kappa shape index (κ3) is 4.33. The molecule has 9 heteroatoms. The number of nitrogens with one attached hydrogen (secondary N) is 2. The van der Waals surface area contributed by atoms with Gasteiger partial charge < -0.3 is 27.2 Å². The molecule has 2 aromatic carbocycles. The Kier molecular flexibility index (Phi) is 5.37. The van der Waals surface area contributed by atoms with E-state index in [1.54, 1.807) is 48.5 Å². The second kappa shape index (κ2) is 7.89. The van der Waals surface area contributed by atoms with Gasteiger partial charge in [0.15, 0.2) is 17.3 Å². The lowest BCUT2D eigenvalue weighted by Gasteiger charge is -2.13. The Morgan fingerprint density at radius 3 is 2.14 bits per heavy atom. The Morgan fingerprint density at radius 1 is 1.04 bits per heavy atom. The fourth-order valence-corrected chi connectivity index (χ4v) is 2.45. The average molecular weight is 382 g/mol. The summed E-state index contributed by atoms with van der Waals surface area (Å²) in [5.41, 5.74) is 12.9. The molecule has 3 rings (SSSR count). The summed E-state index contributed by atoms with van der Waals surface area (Å²) in [6, 6.07) is 13.4. The Morgan fingerprint density at radius 2 is 1.61 bits per heavy atom. The number of carbonyl (C=O) groups is 1. The predicted molar refractivity (Wildman–Crippen MR) is 106 cm³/mol. The van der Waals surface area contributed by atoms with E-state index in [0.29, 0.717) is 22.7 Å². The first-order valence-corrected chi connectivity index (χ1v) is 8.38. The quantitative estimate of drug-likeness (QED) is 0.324. The van der Waals surface area contributed by atoms with Crippen molar-refractivity contribution in [1.82, 2.24) is 9.97 Å². The van der Waals surface area contributed by atoms with Crippen molar-refractivity contribution in [1.29, 1.82) is 0 Å².